The van der Waals surface area contributed by atoms with Gasteiger partial charge in [0, 0.05) is 37.8 Å². The van der Waals surface area contributed by atoms with Crippen LogP contribution in [0.4, 0.5) is 5.69 Å². The predicted molar refractivity (Wildman–Crippen MR) is 85.5 cm³/mol. The Balaban J connectivity index is 2.04. The maximum absolute atomic E-state index is 12.4. The van der Waals surface area contributed by atoms with Gasteiger partial charge >= 0.3 is 0 Å². The molecule has 8 heteroatoms. The van der Waals surface area contributed by atoms with Crippen LogP contribution in [0.25, 0.3) is 0 Å². The summed E-state index contributed by atoms with van der Waals surface area (Å²) in [5.41, 5.74) is 0.0641. The number of anilines is 1. The highest BCUT2D eigenvalue weighted by Crippen LogP contribution is 2.29. The van der Waals surface area contributed by atoms with Gasteiger partial charge < -0.3 is 15.2 Å². The van der Waals surface area contributed by atoms with Crippen molar-refractivity contribution in [1.82, 2.24) is 4.72 Å². The number of ether oxygens (including phenoxy) is 1. The number of nitrogens with one attached hydrogen (secondary N) is 2. The number of carbonyl (C=O) groups excluding carboxylic acids is 1. The number of benzene rings is 1. The zero-order valence-corrected chi connectivity index (χ0v) is 13.9. The number of aliphatic hydroxyl groups excluding tert-OH is 1. The van der Waals surface area contributed by atoms with Gasteiger partial charge in [-0.2, -0.15) is 0 Å². The van der Waals surface area contributed by atoms with Crippen LogP contribution >= 0.6 is 0 Å². The van der Waals surface area contributed by atoms with E-state index in [0.29, 0.717) is 31.7 Å². The lowest BCUT2D eigenvalue weighted by Crippen LogP contribution is -2.43. The van der Waals surface area contributed by atoms with E-state index >= 15 is 0 Å². The summed E-state index contributed by atoms with van der Waals surface area (Å²) in [7, 11) is -3.67. The van der Waals surface area contributed by atoms with Crippen molar-refractivity contribution in [3.8, 4) is 0 Å². The van der Waals surface area contributed by atoms with E-state index in [-0.39, 0.29) is 24.0 Å². The van der Waals surface area contributed by atoms with E-state index in [1.807, 2.05) is 0 Å². The topological polar surface area (TPSA) is 105 Å². The molecule has 1 saturated heterocycles. The molecule has 0 spiro atoms. The van der Waals surface area contributed by atoms with Crippen LogP contribution in [0.2, 0.25) is 0 Å². The van der Waals surface area contributed by atoms with Crippen molar-refractivity contribution in [2.24, 2.45) is 5.41 Å². The summed E-state index contributed by atoms with van der Waals surface area (Å²) in [4.78, 5) is 11.1. The quantitative estimate of drug-likeness (QED) is 0.706. The molecule has 0 aliphatic carbocycles. The van der Waals surface area contributed by atoms with Gasteiger partial charge in [0.15, 0.2) is 0 Å². The van der Waals surface area contributed by atoms with Gasteiger partial charge in [-0.15, -0.1) is 0 Å². The monoisotopic (exact) mass is 342 g/mol. The molecule has 1 aliphatic rings. The summed E-state index contributed by atoms with van der Waals surface area (Å²) < 4.78 is 32.5. The van der Waals surface area contributed by atoms with E-state index in [9.17, 15) is 18.3 Å². The zero-order valence-electron chi connectivity index (χ0n) is 13.0. The lowest BCUT2D eigenvalue weighted by Gasteiger charge is -2.35. The fraction of sp³-hybridized carbons (Fsp3) is 0.533. The molecular weight excluding hydrogens is 320 g/mol. The van der Waals surface area contributed by atoms with Crippen LogP contribution in [-0.2, 0) is 19.6 Å². The summed E-state index contributed by atoms with van der Waals surface area (Å²) in [6, 6.07) is 5.94. The second-order valence-corrected chi connectivity index (χ2v) is 7.57. The number of hydrogen-bond acceptors (Lipinski definition) is 5. The van der Waals surface area contributed by atoms with Crippen LogP contribution in [0.15, 0.2) is 29.2 Å². The molecule has 1 heterocycles. The van der Waals surface area contributed by atoms with Crippen LogP contribution in [0, 0.1) is 5.41 Å². The largest absolute Gasteiger partial charge is 0.396 e. The number of rotatable bonds is 6. The van der Waals surface area contributed by atoms with Crippen molar-refractivity contribution in [2.45, 2.75) is 24.7 Å². The van der Waals surface area contributed by atoms with Crippen molar-refractivity contribution in [2.75, 3.05) is 31.7 Å². The summed E-state index contributed by atoms with van der Waals surface area (Å²) in [6.45, 7) is 2.51. The zero-order chi connectivity index (χ0) is 16.9. The predicted octanol–water partition coefficient (Wildman–Crippen LogP) is 0.712. The van der Waals surface area contributed by atoms with Gasteiger partial charge in [-0.25, -0.2) is 13.1 Å². The van der Waals surface area contributed by atoms with Gasteiger partial charge in [0.2, 0.25) is 15.9 Å². The second kappa shape index (κ2) is 7.39. The first kappa shape index (κ1) is 17.9. The Kier molecular flexibility index (Phi) is 5.74. The molecule has 7 nitrogen and oxygen atoms in total. The van der Waals surface area contributed by atoms with Crippen LogP contribution < -0.4 is 10.0 Å². The molecule has 1 aliphatic heterocycles. The Labute approximate surface area is 136 Å². The highest BCUT2D eigenvalue weighted by molar-refractivity contribution is 7.89. The molecule has 128 valence electrons. The molecule has 0 radical (unpaired) electrons. The maximum Gasteiger partial charge on any atom is 0.240 e. The number of aliphatic hydroxyl groups is 1. The molecule has 2 rings (SSSR count). The number of hydrogen-bond donors (Lipinski definition) is 3. The number of sulfonamides is 1. The minimum atomic E-state index is -3.67. The lowest BCUT2D eigenvalue weighted by molar-refractivity contribution is -0.114. The van der Waals surface area contributed by atoms with Crippen molar-refractivity contribution < 1.29 is 23.1 Å². The molecule has 0 aromatic heterocycles. The van der Waals surface area contributed by atoms with E-state index in [4.69, 9.17) is 4.74 Å². The average molecular weight is 342 g/mol. The molecule has 0 unspecified atom stereocenters. The first-order chi connectivity index (χ1) is 10.9. The van der Waals surface area contributed by atoms with E-state index in [1.165, 1.54) is 31.2 Å². The molecule has 23 heavy (non-hydrogen) atoms. The smallest absolute Gasteiger partial charge is 0.240 e. The SMILES string of the molecule is CC(=O)Nc1ccc(S(=O)(=O)NCC2(CO)CCOCC2)cc1. The summed E-state index contributed by atoms with van der Waals surface area (Å²) in [5, 5.41) is 12.2. The minimum Gasteiger partial charge on any atom is -0.396 e. The van der Waals surface area contributed by atoms with Gasteiger partial charge in [-0.3, -0.25) is 4.79 Å². The number of amides is 1. The van der Waals surface area contributed by atoms with Crippen molar-refractivity contribution >= 4 is 21.6 Å². The highest BCUT2D eigenvalue weighted by atomic mass is 32.2. The average Bonchev–Trinajstić information content (AvgIpc) is 2.54. The van der Waals surface area contributed by atoms with Gasteiger partial charge in [-0.1, -0.05) is 0 Å². The van der Waals surface area contributed by atoms with E-state index in [0.717, 1.165) is 0 Å². The molecule has 3 N–H and O–H groups in total. The Morgan fingerprint density at radius 3 is 2.39 bits per heavy atom. The Morgan fingerprint density at radius 1 is 1.26 bits per heavy atom. The standard InChI is InChI=1S/C15H22N2O5S/c1-12(19)17-13-2-4-14(5-3-13)23(20,21)16-10-15(11-18)6-8-22-9-7-15/h2-5,16,18H,6-11H2,1H3,(H,17,19). The summed E-state index contributed by atoms with van der Waals surface area (Å²) in [5.74, 6) is -0.219. The molecule has 1 aromatic carbocycles. The molecule has 1 amide bonds. The second-order valence-electron chi connectivity index (χ2n) is 5.80. The van der Waals surface area contributed by atoms with Crippen LogP contribution in [0.5, 0.6) is 0 Å². The Morgan fingerprint density at radius 2 is 1.87 bits per heavy atom. The van der Waals surface area contributed by atoms with Gasteiger partial charge in [0.05, 0.1) is 11.5 Å². The molecular formula is C15H22N2O5S. The van der Waals surface area contributed by atoms with E-state index in [1.54, 1.807) is 0 Å². The Hall–Kier alpha value is -1.48. The van der Waals surface area contributed by atoms with Crippen LogP contribution in [0.3, 0.4) is 0 Å². The Bertz CT molecular complexity index is 636. The molecule has 0 saturated carbocycles. The van der Waals surface area contributed by atoms with Crippen molar-refractivity contribution in [3.05, 3.63) is 24.3 Å². The van der Waals surface area contributed by atoms with Gasteiger partial charge in [0.1, 0.15) is 0 Å². The molecule has 1 fully saturated rings. The lowest BCUT2D eigenvalue weighted by atomic mass is 9.81. The maximum atomic E-state index is 12.4. The minimum absolute atomic E-state index is 0.0830. The van der Waals surface area contributed by atoms with Gasteiger partial charge in [-0.05, 0) is 37.1 Å². The van der Waals surface area contributed by atoms with Gasteiger partial charge in [0.25, 0.3) is 0 Å². The van der Waals surface area contributed by atoms with Crippen molar-refractivity contribution in [1.29, 1.82) is 0 Å². The van der Waals surface area contributed by atoms with E-state index in [2.05, 4.69) is 10.0 Å². The molecule has 0 bridgehead atoms. The third-order valence-corrected chi connectivity index (χ3v) is 5.43. The molecule has 1 aromatic rings. The summed E-state index contributed by atoms with van der Waals surface area (Å²) >= 11 is 0. The molecule has 0 atom stereocenters. The highest BCUT2D eigenvalue weighted by Gasteiger charge is 2.33. The third kappa shape index (κ3) is 4.74. The van der Waals surface area contributed by atoms with Crippen molar-refractivity contribution in [3.63, 3.8) is 0 Å². The third-order valence-electron chi connectivity index (χ3n) is 4.01. The van der Waals surface area contributed by atoms with Crippen LogP contribution in [-0.4, -0.2) is 45.8 Å². The first-order valence-corrected chi connectivity index (χ1v) is 8.91. The number of carbonyl (C=O) groups is 1. The first-order valence-electron chi connectivity index (χ1n) is 7.43. The fourth-order valence-electron chi connectivity index (χ4n) is 2.45. The normalized spacial score (nSPS) is 17.7. The van der Waals surface area contributed by atoms with E-state index < -0.39 is 15.4 Å². The summed E-state index contributed by atoms with van der Waals surface area (Å²) in [6.07, 6.45) is 1.24. The van der Waals surface area contributed by atoms with Crippen LogP contribution in [0.1, 0.15) is 19.8 Å². The fourth-order valence-corrected chi connectivity index (χ4v) is 3.60.